The van der Waals surface area contributed by atoms with Gasteiger partial charge in [-0.2, -0.15) is 0 Å². The van der Waals surface area contributed by atoms with Crippen LogP contribution in [0.1, 0.15) is 6.92 Å². The SMILES string of the molecule is CCS(=NC)(=NC)NC. The van der Waals surface area contributed by atoms with Crippen LogP contribution < -0.4 is 4.72 Å². The van der Waals surface area contributed by atoms with E-state index in [9.17, 15) is 0 Å². The summed E-state index contributed by atoms with van der Waals surface area (Å²) in [4.78, 5) is 0. The Balaban J connectivity index is 4.64. The van der Waals surface area contributed by atoms with Crippen molar-refractivity contribution in [3.05, 3.63) is 0 Å². The maximum absolute atomic E-state index is 4.18. The highest BCUT2D eigenvalue weighted by Gasteiger charge is 1.93. The van der Waals surface area contributed by atoms with Crippen LogP contribution in [0.5, 0.6) is 0 Å². The summed E-state index contributed by atoms with van der Waals surface area (Å²) >= 11 is 0. The molecule has 0 amide bonds. The maximum Gasteiger partial charge on any atom is 0.0369 e. The van der Waals surface area contributed by atoms with Crippen LogP contribution in [-0.4, -0.2) is 26.9 Å². The Bertz CT molecular complexity index is 153. The molecule has 0 spiro atoms. The number of nitrogens with zero attached hydrogens (tertiary/aromatic N) is 2. The van der Waals surface area contributed by atoms with Gasteiger partial charge >= 0.3 is 0 Å². The Labute approximate surface area is 57.8 Å². The van der Waals surface area contributed by atoms with Gasteiger partial charge in [0.1, 0.15) is 0 Å². The normalized spacial score (nSPS) is 11.1. The molecule has 0 aromatic rings. The van der Waals surface area contributed by atoms with E-state index in [2.05, 4.69) is 20.4 Å². The first-order valence-corrected chi connectivity index (χ1v) is 4.68. The van der Waals surface area contributed by atoms with Gasteiger partial charge in [-0.05, 0) is 16.9 Å². The summed E-state index contributed by atoms with van der Waals surface area (Å²) in [5.74, 6) is 0.983. The number of rotatable bonds is 2. The van der Waals surface area contributed by atoms with E-state index >= 15 is 0 Å². The summed E-state index contributed by atoms with van der Waals surface area (Å²) in [5, 5.41) is 0. The maximum atomic E-state index is 4.18. The molecule has 0 unspecified atom stereocenters. The van der Waals surface area contributed by atoms with Gasteiger partial charge in [0, 0.05) is 19.8 Å². The molecule has 0 radical (unpaired) electrons. The predicted molar refractivity (Wildman–Crippen MR) is 43.7 cm³/mol. The van der Waals surface area contributed by atoms with Crippen LogP contribution in [0, 0.1) is 0 Å². The molecule has 56 valence electrons. The van der Waals surface area contributed by atoms with E-state index in [0.717, 1.165) is 5.75 Å². The van der Waals surface area contributed by atoms with Gasteiger partial charge in [-0.3, -0.25) is 4.72 Å². The molecule has 1 N–H and O–H groups in total. The summed E-state index contributed by atoms with van der Waals surface area (Å²) < 4.78 is 11.5. The summed E-state index contributed by atoms with van der Waals surface area (Å²) in [7, 11) is 4.37. The zero-order valence-corrected chi connectivity index (χ0v) is 7.33. The molecule has 9 heavy (non-hydrogen) atoms. The van der Waals surface area contributed by atoms with Gasteiger partial charge in [-0.1, -0.05) is 6.92 Å². The van der Waals surface area contributed by atoms with E-state index < -0.39 is 9.81 Å². The molecule has 0 aliphatic rings. The lowest BCUT2D eigenvalue weighted by Crippen LogP contribution is -2.19. The zero-order valence-electron chi connectivity index (χ0n) is 6.51. The van der Waals surface area contributed by atoms with Gasteiger partial charge < -0.3 is 0 Å². The molecule has 0 atom stereocenters. The predicted octanol–water partition coefficient (Wildman–Crippen LogP) is 0.921. The van der Waals surface area contributed by atoms with Crippen LogP contribution in [0.25, 0.3) is 0 Å². The van der Waals surface area contributed by atoms with Gasteiger partial charge in [0.2, 0.25) is 0 Å². The summed E-state index contributed by atoms with van der Waals surface area (Å²) in [6.07, 6.45) is 0. The highest BCUT2D eigenvalue weighted by molar-refractivity contribution is 7.93. The largest absolute Gasteiger partial charge is 0.251 e. The Morgan fingerprint density at radius 3 is 1.78 bits per heavy atom. The third-order valence-corrected chi connectivity index (χ3v) is 4.00. The first kappa shape index (κ1) is 8.91. The number of hydrogen-bond acceptors (Lipinski definition) is 2. The second kappa shape index (κ2) is 3.85. The van der Waals surface area contributed by atoms with Crippen molar-refractivity contribution in [1.29, 1.82) is 0 Å². The van der Waals surface area contributed by atoms with Gasteiger partial charge in [-0.25, -0.2) is 8.73 Å². The van der Waals surface area contributed by atoms with E-state index in [1.54, 1.807) is 0 Å². The molecule has 3 nitrogen and oxygen atoms in total. The van der Waals surface area contributed by atoms with Crippen molar-refractivity contribution in [3.63, 3.8) is 0 Å². The Hall–Kier alpha value is -0.0900. The van der Waals surface area contributed by atoms with Crippen molar-refractivity contribution in [3.8, 4) is 0 Å². The molecule has 0 heterocycles. The fourth-order valence-electron chi connectivity index (χ4n) is 0.667. The molecule has 0 fully saturated rings. The Morgan fingerprint density at radius 1 is 1.33 bits per heavy atom. The van der Waals surface area contributed by atoms with Crippen molar-refractivity contribution in [2.24, 2.45) is 8.73 Å². The number of hydrogen-bond donors (Lipinski definition) is 1. The first-order valence-electron chi connectivity index (χ1n) is 2.96. The molecule has 0 aliphatic heterocycles. The molecule has 0 aromatic heterocycles. The molecule has 0 rings (SSSR count). The molecule has 0 saturated heterocycles. The highest BCUT2D eigenvalue weighted by Crippen LogP contribution is 1.91. The minimum Gasteiger partial charge on any atom is -0.251 e. The van der Waals surface area contributed by atoms with Crippen LogP contribution in [0.3, 0.4) is 0 Å². The third-order valence-electron chi connectivity index (χ3n) is 1.33. The third kappa shape index (κ3) is 1.95. The van der Waals surface area contributed by atoms with Crippen molar-refractivity contribution >= 4 is 9.81 Å². The van der Waals surface area contributed by atoms with Gasteiger partial charge in [0.15, 0.2) is 0 Å². The fourth-order valence-corrected chi connectivity index (χ4v) is 2.00. The van der Waals surface area contributed by atoms with Crippen molar-refractivity contribution < 1.29 is 0 Å². The lowest BCUT2D eigenvalue weighted by molar-refractivity contribution is 1.21. The van der Waals surface area contributed by atoms with E-state index in [4.69, 9.17) is 0 Å². The van der Waals surface area contributed by atoms with Gasteiger partial charge in [0.25, 0.3) is 0 Å². The molecule has 0 aliphatic carbocycles. The highest BCUT2D eigenvalue weighted by atomic mass is 32.2. The lowest BCUT2D eigenvalue weighted by Gasteiger charge is -2.09. The van der Waals surface area contributed by atoms with Crippen LogP contribution >= 0.6 is 0 Å². The average molecular weight is 149 g/mol. The van der Waals surface area contributed by atoms with E-state index in [1.807, 2.05) is 21.1 Å². The second-order valence-electron chi connectivity index (χ2n) is 1.52. The lowest BCUT2D eigenvalue weighted by atomic mass is 11.0. The molecular formula is C5H15N3S. The number of nitrogens with one attached hydrogen (secondary N) is 1. The molecule has 0 saturated carbocycles. The summed E-state index contributed by atoms with van der Waals surface area (Å²) in [6, 6.07) is 0. The van der Waals surface area contributed by atoms with Crippen molar-refractivity contribution in [2.75, 3.05) is 26.9 Å². The van der Waals surface area contributed by atoms with Gasteiger partial charge in [0.05, 0.1) is 0 Å². The van der Waals surface area contributed by atoms with Gasteiger partial charge in [-0.15, -0.1) is 0 Å². The standard InChI is InChI=1S/C5H15N3S/c1-5-9(6-2,7-3)8-4/h5H2,1-4H3,(H,6,7,8). The second-order valence-corrected chi connectivity index (χ2v) is 4.57. The molecule has 0 aromatic carbocycles. The smallest absolute Gasteiger partial charge is 0.0369 e. The monoisotopic (exact) mass is 149 g/mol. The minimum atomic E-state index is -1.15. The minimum absolute atomic E-state index is 0.983. The van der Waals surface area contributed by atoms with Crippen molar-refractivity contribution in [1.82, 2.24) is 4.72 Å². The Morgan fingerprint density at radius 2 is 1.78 bits per heavy atom. The van der Waals surface area contributed by atoms with Crippen LogP contribution in [0.15, 0.2) is 8.73 Å². The topological polar surface area (TPSA) is 36.8 Å². The zero-order chi connectivity index (χ0) is 7.33. The quantitative estimate of drug-likeness (QED) is 0.623. The van der Waals surface area contributed by atoms with Crippen LogP contribution in [0.4, 0.5) is 0 Å². The molecule has 4 heteroatoms. The molecule has 0 bridgehead atoms. The van der Waals surface area contributed by atoms with Crippen molar-refractivity contribution in [2.45, 2.75) is 6.92 Å². The van der Waals surface area contributed by atoms with Crippen LogP contribution in [-0.2, 0) is 9.81 Å². The first-order chi connectivity index (χ1) is 4.24. The summed E-state index contributed by atoms with van der Waals surface area (Å²) in [5.41, 5.74) is 0. The van der Waals surface area contributed by atoms with Crippen LogP contribution in [0.2, 0.25) is 0 Å². The average Bonchev–Trinajstić information content (AvgIpc) is 1.95. The van der Waals surface area contributed by atoms with E-state index in [1.165, 1.54) is 0 Å². The van der Waals surface area contributed by atoms with E-state index in [-0.39, 0.29) is 0 Å². The molecular weight excluding hydrogens is 134 g/mol. The van der Waals surface area contributed by atoms with E-state index in [0.29, 0.717) is 0 Å². The summed E-state index contributed by atoms with van der Waals surface area (Å²) in [6.45, 7) is 2.09. The fraction of sp³-hybridized carbons (Fsp3) is 1.00. The Kier molecular flexibility index (Phi) is 3.81.